The molecular weight excluding hydrogens is 233 g/mol. The standard InChI is InChI=1S/C14H14FNO2/c15-13-9-11(16)3-6-14(13)18-12-4-1-10(2-5-12)7-8-17/h1-6,9,17H,7-8,16H2. The Bertz CT molecular complexity index is 526. The maximum atomic E-state index is 13.5. The Hall–Kier alpha value is -2.07. The van der Waals surface area contributed by atoms with Gasteiger partial charge in [0, 0.05) is 18.4 Å². The number of halogens is 1. The Morgan fingerprint density at radius 3 is 2.44 bits per heavy atom. The summed E-state index contributed by atoms with van der Waals surface area (Å²) in [5, 5.41) is 8.79. The first-order valence-electron chi connectivity index (χ1n) is 5.62. The largest absolute Gasteiger partial charge is 0.454 e. The smallest absolute Gasteiger partial charge is 0.167 e. The average molecular weight is 247 g/mol. The third kappa shape index (κ3) is 2.99. The number of anilines is 1. The van der Waals surface area contributed by atoms with Gasteiger partial charge in [0.05, 0.1) is 0 Å². The van der Waals surface area contributed by atoms with Gasteiger partial charge in [0.1, 0.15) is 5.75 Å². The van der Waals surface area contributed by atoms with Crippen LogP contribution in [-0.4, -0.2) is 11.7 Å². The summed E-state index contributed by atoms with van der Waals surface area (Å²) >= 11 is 0. The summed E-state index contributed by atoms with van der Waals surface area (Å²) in [5.74, 6) is 0.189. The zero-order valence-electron chi connectivity index (χ0n) is 9.77. The van der Waals surface area contributed by atoms with Gasteiger partial charge in [0.25, 0.3) is 0 Å². The highest BCUT2D eigenvalue weighted by Crippen LogP contribution is 2.26. The van der Waals surface area contributed by atoms with E-state index in [-0.39, 0.29) is 12.4 Å². The lowest BCUT2D eigenvalue weighted by molar-refractivity contribution is 0.299. The number of aliphatic hydroxyl groups is 1. The summed E-state index contributed by atoms with van der Waals surface area (Å²) in [5.41, 5.74) is 6.82. The molecular formula is C14H14FNO2. The van der Waals surface area contributed by atoms with E-state index in [1.54, 1.807) is 18.2 Å². The van der Waals surface area contributed by atoms with Gasteiger partial charge in [-0.25, -0.2) is 4.39 Å². The van der Waals surface area contributed by atoms with Crippen molar-refractivity contribution < 1.29 is 14.2 Å². The Morgan fingerprint density at radius 1 is 1.11 bits per heavy atom. The van der Waals surface area contributed by atoms with Crippen molar-refractivity contribution in [3.63, 3.8) is 0 Å². The monoisotopic (exact) mass is 247 g/mol. The lowest BCUT2D eigenvalue weighted by Gasteiger charge is -2.08. The topological polar surface area (TPSA) is 55.5 Å². The number of nitrogen functional groups attached to an aromatic ring is 1. The van der Waals surface area contributed by atoms with Crippen molar-refractivity contribution in [2.24, 2.45) is 0 Å². The van der Waals surface area contributed by atoms with Gasteiger partial charge < -0.3 is 15.6 Å². The van der Waals surface area contributed by atoms with Crippen LogP contribution in [0.25, 0.3) is 0 Å². The number of benzene rings is 2. The summed E-state index contributed by atoms with van der Waals surface area (Å²) in [6, 6.07) is 11.4. The fraction of sp³-hybridized carbons (Fsp3) is 0.143. The number of rotatable bonds is 4. The molecule has 0 radical (unpaired) electrons. The minimum Gasteiger partial charge on any atom is -0.454 e. The molecule has 0 unspecified atom stereocenters. The van der Waals surface area contributed by atoms with Crippen LogP contribution in [0.5, 0.6) is 11.5 Å². The van der Waals surface area contributed by atoms with E-state index < -0.39 is 5.82 Å². The van der Waals surface area contributed by atoms with E-state index in [1.807, 2.05) is 12.1 Å². The summed E-state index contributed by atoms with van der Waals surface area (Å²) in [4.78, 5) is 0. The molecule has 0 atom stereocenters. The van der Waals surface area contributed by atoms with Crippen LogP contribution in [0.4, 0.5) is 10.1 Å². The number of hydrogen-bond donors (Lipinski definition) is 2. The van der Waals surface area contributed by atoms with Gasteiger partial charge in [0.2, 0.25) is 0 Å². The van der Waals surface area contributed by atoms with Crippen molar-refractivity contribution in [1.29, 1.82) is 0 Å². The first kappa shape index (κ1) is 12.4. The normalized spacial score (nSPS) is 10.3. The van der Waals surface area contributed by atoms with Crippen molar-refractivity contribution in [2.45, 2.75) is 6.42 Å². The molecule has 0 saturated carbocycles. The molecule has 94 valence electrons. The lowest BCUT2D eigenvalue weighted by Crippen LogP contribution is -1.93. The molecule has 0 aliphatic rings. The second kappa shape index (κ2) is 5.51. The molecule has 2 aromatic carbocycles. The van der Waals surface area contributed by atoms with Crippen molar-refractivity contribution >= 4 is 5.69 Å². The molecule has 4 heteroatoms. The van der Waals surface area contributed by atoms with Crippen molar-refractivity contribution in [1.82, 2.24) is 0 Å². The molecule has 0 aliphatic carbocycles. The zero-order valence-corrected chi connectivity index (χ0v) is 9.77. The second-order valence-electron chi connectivity index (χ2n) is 3.91. The van der Waals surface area contributed by atoms with Crippen LogP contribution < -0.4 is 10.5 Å². The third-order valence-electron chi connectivity index (χ3n) is 2.51. The Morgan fingerprint density at radius 2 is 1.83 bits per heavy atom. The van der Waals surface area contributed by atoms with E-state index in [4.69, 9.17) is 15.6 Å². The number of ether oxygens (including phenoxy) is 1. The molecule has 18 heavy (non-hydrogen) atoms. The average Bonchev–Trinajstić information content (AvgIpc) is 2.35. The second-order valence-corrected chi connectivity index (χ2v) is 3.91. The third-order valence-corrected chi connectivity index (χ3v) is 2.51. The molecule has 0 spiro atoms. The van der Waals surface area contributed by atoms with E-state index >= 15 is 0 Å². The van der Waals surface area contributed by atoms with Gasteiger partial charge in [-0.05, 0) is 36.2 Å². The van der Waals surface area contributed by atoms with E-state index in [0.29, 0.717) is 17.9 Å². The van der Waals surface area contributed by atoms with E-state index in [9.17, 15) is 4.39 Å². The van der Waals surface area contributed by atoms with Crippen LogP contribution in [-0.2, 0) is 6.42 Å². The molecule has 3 N–H and O–H groups in total. The maximum absolute atomic E-state index is 13.5. The Kier molecular flexibility index (Phi) is 3.79. The summed E-state index contributed by atoms with van der Waals surface area (Å²) < 4.78 is 18.9. The highest BCUT2D eigenvalue weighted by molar-refractivity contribution is 5.44. The number of aliphatic hydroxyl groups excluding tert-OH is 1. The fourth-order valence-corrected chi connectivity index (χ4v) is 1.58. The van der Waals surface area contributed by atoms with Crippen LogP contribution in [0.2, 0.25) is 0 Å². The Labute approximate surface area is 105 Å². The lowest BCUT2D eigenvalue weighted by atomic mass is 10.1. The summed E-state index contributed by atoms with van der Waals surface area (Å²) in [7, 11) is 0. The van der Waals surface area contributed by atoms with Gasteiger partial charge in [-0.2, -0.15) is 0 Å². The quantitative estimate of drug-likeness (QED) is 0.817. The predicted molar refractivity (Wildman–Crippen MR) is 68.1 cm³/mol. The molecule has 3 nitrogen and oxygen atoms in total. The minimum atomic E-state index is -0.491. The molecule has 0 amide bonds. The highest BCUT2D eigenvalue weighted by Gasteiger charge is 2.05. The van der Waals surface area contributed by atoms with Gasteiger partial charge in [-0.1, -0.05) is 12.1 Å². The zero-order chi connectivity index (χ0) is 13.0. The number of hydrogen-bond acceptors (Lipinski definition) is 3. The van der Waals surface area contributed by atoms with Crippen molar-refractivity contribution in [3.05, 3.63) is 53.8 Å². The van der Waals surface area contributed by atoms with E-state index in [1.165, 1.54) is 12.1 Å². The molecule has 0 aromatic heterocycles. The molecule has 2 aromatic rings. The van der Waals surface area contributed by atoms with Crippen LogP contribution in [0.1, 0.15) is 5.56 Å². The molecule has 0 bridgehead atoms. The minimum absolute atomic E-state index is 0.104. The molecule has 2 rings (SSSR count). The van der Waals surface area contributed by atoms with Crippen LogP contribution in [0.3, 0.4) is 0 Å². The summed E-state index contributed by atoms with van der Waals surface area (Å²) in [6.45, 7) is 0.104. The Balaban J connectivity index is 2.13. The molecule has 0 fully saturated rings. The van der Waals surface area contributed by atoms with E-state index in [0.717, 1.165) is 5.56 Å². The van der Waals surface area contributed by atoms with Crippen molar-refractivity contribution in [2.75, 3.05) is 12.3 Å². The van der Waals surface area contributed by atoms with Gasteiger partial charge in [0.15, 0.2) is 11.6 Å². The predicted octanol–water partition coefficient (Wildman–Crippen LogP) is 2.74. The first-order valence-corrected chi connectivity index (χ1v) is 5.62. The molecule has 0 aliphatic heterocycles. The van der Waals surface area contributed by atoms with Gasteiger partial charge >= 0.3 is 0 Å². The van der Waals surface area contributed by atoms with Crippen LogP contribution in [0.15, 0.2) is 42.5 Å². The molecule has 0 saturated heterocycles. The summed E-state index contributed by atoms with van der Waals surface area (Å²) in [6.07, 6.45) is 0.594. The SMILES string of the molecule is Nc1ccc(Oc2ccc(CCO)cc2)c(F)c1. The number of nitrogens with two attached hydrogens (primary N) is 1. The fourth-order valence-electron chi connectivity index (χ4n) is 1.58. The van der Waals surface area contributed by atoms with Gasteiger partial charge in [-0.15, -0.1) is 0 Å². The van der Waals surface area contributed by atoms with Crippen LogP contribution >= 0.6 is 0 Å². The van der Waals surface area contributed by atoms with Gasteiger partial charge in [-0.3, -0.25) is 0 Å². The first-order chi connectivity index (χ1) is 8.69. The highest BCUT2D eigenvalue weighted by atomic mass is 19.1. The molecule has 0 heterocycles. The van der Waals surface area contributed by atoms with Crippen molar-refractivity contribution in [3.8, 4) is 11.5 Å². The maximum Gasteiger partial charge on any atom is 0.167 e. The van der Waals surface area contributed by atoms with Crippen LogP contribution in [0, 0.1) is 5.82 Å². The van der Waals surface area contributed by atoms with E-state index in [2.05, 4.69) is 0 Å².